The molecule has 1 fully saturated rings. The zero-order chi connectivity index (χ0) is 16.4. The summed E-state index contributed by atoms with van der Waals surface area (Å²) in [6.45, 7) is 0.810. The fourth-order valence-corrected chi connectivity index (χ4v) is 3.02. The molecule has 0 spiro atoms. The number of furan rings is 1. The van der Waals surface area contributed by atoms with Gasteiger partial charge < -0.3 is 15.1 Å². The molecular formula is C17H18F2N2O2. The number of carbonyl (C=O) groups is 1. The third-order valence-corrected chi connectivity index (χ3v) is 4.20. The lowest BCUT2D eigenvalue weighted by atomic mass is 10.0. The van der Waals surface area contributed by atoms with Gasteiger partial charge in [0.05, 0.1) is 6.54 Å². The van der Waals surface area contributed by atoms with E-state index in [-0.39, 0.29) is 29.8 Å². The van der Waals surface area contributed by atoms with E-state index in [0.29, 0.717) is 18.7 Å². The molecule has 3 rings (SSSR count). The van der Waals surface area contributed by atoms with Crippen LogP contribution in [0.15, 0.2) is 34.7 Å². The molecule has 23 heavy (non-hydrogen) atoms. The van der Waals surface area contributed by atoms with Crippen LogP contribution in [0.4, 0.5) is 8.78 Å². The topological polar surface area (TPSA) is 59.5 Å². The molecule has 0 radical (unpaired) electrons. The van der Waals surface area contributed by atoms with E-state index in [4.69, 9.17) is 10.2 Å². The number of nitrogens with zero attached hydrogens (tertiary/aromatic N) is 1. The molecule has 1 aromatic heterocycles. The average molecular weight is 320 g/mol. The van der Waals surface area contributed by atoms with Crippen molar-refractivity contribution in [2.24, 2.45) is 5.73 Å². The first kappa shape index (κ1) is 15.7. The van der Waals surface area contributed by atoms with Crippen molar-refractivity contribution < 1.29 is 18.0 Å². The first-order valence-electron chi connectivity index (χ1n) is 7.62. The molecule has 1 unspecified atom stereocenters. The lowest BCUT2D eigenvalue weighted by Crippen LogP contribution is -2.36. The zero-order valence-corrected chi connectivity index (χ0v) is 12.6. The number of nitrogens with two attached hydrogens (primary N) is 1. The second kappa shape index (κ2) is 6.50. The Morgan fingerprint density at radius 2 is 2.13 bits per heavy atom. The number of likely N-dealkylation sites (tertiary alicyclic amines) is 1. The minimum Gasteiger partial charge on any atom is -0.455 e. The molecule has 6 heteroatoms. The molecule has 1 aromatic carbocycles. The van der Waals surface area contributed by atoms with Gasteiger partial charge in [0.15, 0.2) is 17.4 Å². The summed E-state index contributed by atoms with van der Waals surface area (Å²) in [5.74, 6) is -1.16. The van der Waals surface area contributed by atoms with Crippen molar-refractivity contribution in [2.45, 2.75) is 31.8 Å². The number of halogens is 2. The van der Waals surface area contributed by atoms with Crippen LogP contribution in [0.2, 0.25) is 0 Å². The van der Waals surface area contributed by atoms with Crippen LogP contribution < -0.4 is 5.73 Å². The maximum absolute atomic E-state index is 13.8. The molecular weight excluding hydrogens is 302 g/mol. The highest BCUT2D eigenvalue weighted by Gasteiger charge is 2.31. The van der Waals surface area contributed by atoms with Gasteiger partial charge in [-0.15, -0.1) is 0 Å². The largest absolute Gasteiger partial charge is 0.455 e. The van der Waals surface area contributed by atoms with Gasteiger partial charge in [-0.25, -0.2) is 8.78 Å². The summed E-state index contributed by atoms with van der Waals surface area (Å²) in [6, 6.07) is 7.24. The summed E-state index contributed by atoms with van der Waals surface area (Å²) in [6.07, 6.45) is 1.88. The molecule has 0 aliphatic carbocycles. The maximum atomic E-state index is 13.8. The van der Waals surface area contributed by atoms with Gasteiger partial charge in [0.2, 0.25) is 0 Å². The smallest absolute Gasteiger partial charge is 0.289 e. The molecule has 1 amide bonds. The van der Waals surface area contributed by atoms with Gasteiger partial charge in [-0.2, -0.15) is 0 Å². The Morgan fingerprint density at radius 3 is 2.87 bits per heavy atom. The van der Waals surface area contributed by atoms with Crippen molar-refractivity contribution >= 4 is 5.91 Å². The second-order valence-corrected chi connectivity index (χ2v) is 5.68. The van der Waals surface area contributed by atoms with E-state index in [1.54, 1.807) is 23.1 Å². The van der Waals surface area contributed by atoms with E-state index in [2.05, 4.69) is 0 Å². The van der Waals surface area contributed by atoms with Crippen molar-refractivity contribution in [3.05, 3.63) is 59.1 Å². The zero-order valence-electron chi connectivity index (χ0n) is 12.6. The Balaban J connectivity index is 1.77. The Labute approximate surface area is 132 Å². The Bertz CT molecular complexity index is 714. The molecule has 2 heterocycles. The summed E-state index contributed by atoms with van der Waals surface area (Å²) in [5, 5.41) is 0. The van der Waals surface area contributed by atoms with Gasteiger partial charge in [-0.3, -0.25) is 4.79 Å². The fraction of sp³-hybridized carbons (Fsp3) is 0.353. The van der Waals surface area contributed by atoms with Crippen molar-refractivity contribution in [2.75, 3.05) is 6.54 Å². The standard InChI is InChI=1S/C17H18F2N2O2/c18-14-5-1-3-11(16(14)19)9-12-4-2-8-21(12)17(22)15-7-6-13(10-20)23-15/h1,3,5-7,12H,2,4,8-10,20H2. The Hall–Kier alpha value is -2.21. The molecule has 1 atom stereocenters. The van der Waals surface area contributed by atoms with Crippen LogP contribution >= 0.6 is 0 Å². The summed E-state index contributed by atoms with van der Waals surface area (Å²) in [7, 11) is 0. The van der Waals surface area contributed by atoms with E-state index in [0.717, 1.165) is 18.9 Å². The number of amides is 1. The van der Waals surface area contributed by atoms with Gasteiger partial charge in [0.1, 0.15) is 5.76 Å². The summed E-state index contributed by atoms with van der Waals surface area (Å²) in [5.41, 5.74) is 5.77. The first-order valence-corrected chi connectivity index (χ1v) is 7.62. The van der Waals surface area contributed by atoms with Crippen molar-refractivity contribution in [1.82, 2.24) is 4.90 Å². The van der Waals surface area contributed by atoms with Gasteiger partial charge >= 0.3 is 0 Å². The second-order valence-electron chi connectivity index (χ2n) is 5.68. The predicted octanol–water partition coefficient (Wildman–Crippen LogP) is 2.86. The van der Waals surface area contributed by atoms with Crippen LogP contribution in [0.5, 0.6) is 0 Å². The van der Waals surface area contributed by atoms with Crippen LogP contribution in [0, 0.1) is 11.6 Å². The van der Waals surface area contributed by atoms with Gasteiger partial charge in [0, 0.05) is 12.6 Å². The molecule has 122 valence electrons. The molecule has 0 saturated carbocycles. The number of benzene rings is 1. The van der Waals surface area contributed by atoms with Gasteiger partial charge in [0.25, 0.3) is 5.91 Å². The average Bonchev–Trinajstić information content (AvgIpc) is 3.20. The summed E-state index contributed by atoms with van der Waals surface area (Å²) in [4.78, 5) is 14.2. The highest BCUT2D eigenvalue weighted by molar-refractivity contribution is 5.92. The van der Waals surface area contributed by atoms with E-state index in [1.807, 2.05) is 0 Å². The lowest BCUT2D eigenvalue weighted by molar-refractivity contribution is 0.0701. The van der Waals surface area contributed by atoms with E-state index < -0.39 is 11.6 Å². The molecule has 1 aliphatic heterocycles. The lowest BCUT2D eigenvalue weighted by Gasteiger charge is -2.24. The molecule has 1 aliphatic rings. The summed E-state index contributed by atoms with van der Waals surface area (Å²) >= 11 is 0. The summed E-state index contributed by atoms with van der Waals surface area (Å²) < 4.78 is 32.6. The van der Waals surface area contributed by atoms with E-state index in [1.165, 1.54) is 6.07 Å². The van der Waals surface area contributed by atoms with Crippen LogP contribution in [0.3, 0.4) is 0 Å². The maximum Gasteiger partial charge on any atom is 0.289 e. The SMILES string of the molecule is NCc1ccc(C(=O)N2CCCC2Cc2cccc(F)c2F)o1. The number of carbonyl (C=O) groups excluding carboxylic acids is 1. The monoisotopic (exact) mass is 320 g/mol. The van der Waals surface area contributed by atoms with Crippen LogP contribution in [0.25, 0.3) is 0 Å². The van der Waals surface area contributed by atoms with Crippen LogP contribution in [-0.4, -0.2) is 23.4 Å². The third-order valence-electron chi connectivity index (χ3n) is 4.20. The minimum atomic E-state index is -0.864. The molecule has 4 nitrogen and oxygen atoms in total. The molecule has 0 bridgehead atoms. The Morgan fingerprint density at radius 1 is 1.30 bits per heavy atom. The Kier molecular flexibility index (Phi) is 4.43. The minimum absolute atomic E-state index is 0.162. The number of rotatable bonds is 4. The molecule has 1 saturated heterocycles. The quantitative estimate of drug-likeness (QED) is 0.942. The predicted molar refractivity (Wildman–Crippen MR) is 80.7 cm³/mol. The van der Waals surface area contributed by atoms with Crippen LogP contribution in [-0.2, 0) is 13.0 Å². The highest BCUT2D eigenvalue weighted by Crippen LogP contribution is 2.25. The van der Waals surface area contributed by atoms with Crippen molar-refractivity contribution in [1.29, 1.82) is 0 Å². The van der Waals surface area contributed by atoms with Crippen LogP contribution in [0.1, 0.15) is 34.7 Å². The fourth-order valence-electron chi connectivity index (χ4n) is 3.02. The van der Waals surface area contributed by atoms with E-state index in [9.17, 15) is 13.6 Å². The molecule has 2 aromatic rings. The number of hydrogen-bond donors (Lipinski definition) is 1. The van der Waals surface area contributed by atoms with Crippen molar-refractivity contribution in [3.8, 4) is 0 Å². The van der Waals surface area contributed by atoms with E-state index >= 15 is 0 Å². The molecule has 2 N–H and O–H groups in total. The highest BCUT2D eigenvalue weighted by atomic mass is 19.2. The number of hydrogen-bond acceptors (Lipinski definition) is 3. The van der Waals surface area contributed by atoms with Gasteiger partial charge in [-0.05, 0) is 43.0 Å². The normalized spacial score (nSPS) is 17.7. The van der Waals surface area contributed by atoms with Crippen molar-refractivity contribution in [3.63, 3.8) is 0 Å². The third kappa shape index (κ3) is 3.12. The first-order chi connectivity index (χ1) is 11.1. The van der Waals surface area contributed by atoms with Gasteiger partial charge in [-0.1, -0.05) is 12.1 Å².